The highest BCUT2D eigenvalue weighted by Gasteiger charge is 2.24. The molecule has 0 aliphatic carbocycles. The van der Waals surface area contributed by atoms with Gasteiger partial charge >= 0.3 is 5.97 Å². The normalized spacial score (nSPS) is 11.0. The zero-order valence-electron chi connectivity index (χ0n) is 16.6. The molecular formula is C19H23N5O3S. The molecule has 0 saturated carbocycles. The number of aryl methyl sites for hydroxylation is 3. The number of carbonyl (C=O) groups excluding carboxylic acids is 2. The minimum Gasteiger partial charge on any atom is -0.462 e. The molecule has 0 bridgehead atoms. The minimum atomic E-state index is -0.417. The van der Waals surface area contributed by atoms with Crippen molar-refractivity contribution in [3.05, 3.63) is 39.3 Å². The maximum atomic E-state index is 12.6. The second kappa shape index (κ2) is 8.05. The number of hydrogen-bond acceptors (Lipinski definition) is 7. The van der Waals surface area contributed by atoms with E-state index in [1.807, 2.05) is 33.8 Å². The van der Waals surface area contributed by atoms with Gasteiger partial charge in [-0.3, -0.25) is 4.79 Å². The molecule has 0 atom stereocenters. The molecule has 9 heteroatoms. The van der Waals surface area contributed by atoms with Crippen LogP contribution in [-0.2, 0) is 22.4 Å². The molecule has 0 saturated heterocycles. The number of thiophene rings is 1. The Bertz CT molecular complexity index is 1050. The van der Waals surface area contributed by atoms with Gasteiger partial charge in [-0.1, -0.05) is 6.92 Å². The highest BCUT2D eigenvalue weighted by Crippen LogP contribution is 2.34. The number of aromatic nitrogens is 4. The lowest BCUT2D eigenvalue weighted by Gasteiger charge is -2.07. The summed E-state index contributed by atoms with van der Waals surface area (Å²) in [6, 6.07) is 1.90. The van der Waals surface area contributed by atoms with E-state index in [0.29, 0.717) is 28.6 Å². The molecule has 1 amide bonds. The third-order valence-electron chi connectivity index (χ3n) is 4.28. The number of fused-ring (bicyclic) bond motifs is 1. The van der Waals surface area contributed by atoms with Crippen LogP contribution in [0.4, 0.5) is 5.00 Å². The van der Waals surface area contributed by atoms with Gasteiger partial charge in [-0.15, -0.1) is 16.4 Å². The standard InChI is InChI=1S/C19H23N5O3S/c1-6-13-12(5)28-17(16(13)18(26)27-7-2)22-15(25)9-14-21-19-20-10(3)8-11(4)24(19)23-14/h8H,6-7,9H2,1-5H3,(H,22,25). The molecule has 0 spiro atoms. The summed E-state index contributed by atoms with van der Waals surface area (Å²) in [5.41, 5.74) is 3.08. The first-order chi connectivity index (χ1) is 13.3. The van der Waals surface area contributed by atoms with Crippen molar-refractivity contribution < 1.29 is 14.3 Å². The van der Waals surface area contributed by atoms with E-state index in [-0.39, 0.29) is 18.9 Å². The summed E-state index contributed by atoms with van der Waals surface area (Å²) in [6.45, 7) is 9.74. The van der Waals surface area contributed by atoms with Crippen LogP contribution in [0.1, 0.15) is 51.9 Å². The lowest BCUT2D eigenvalue weighted by Crippen LogP contribution is -2.17. The summed E-state index contributed by atoms with van der Waals surface area (Å²) in [4.78, 5) is 34.6. The van der Waals surface area contributed by atoms with E-state index >= 15 is 0 Å². The van der Waals surface area contributed by atoms with Crippen LogP contribution in [0.3, 0.4) is 0 Å². The van der Waals surface area contributed by atoms with E-state index in [1.54, 1.807) is 11.4 Å². The third-order valence-corrected chi connectivity index (χ3v) is 5.34. The summed E-state index contributed by atoms with van der Waals surface area (Å²) in [6.07, 6.45) is 0.674. The fourth-order valence-electron chi connectivity index (χ4n) is 3.11. The second-order valence-electron chi connectivity index (χ2n) is 6.42. The number of nitrogens with one attached hydrogen (secondary N) is 1. The Labute approximate surface area is 167 Å². The number of anilines is 1. The number of esters is 1. The molecule has 0 radical (unpaired) electrons. The van der Waals surface area contributed by atoms with Crippen molar-refractivity contribution in [1.82, 2.24) is 19.6 Å². The maximum absolute atomic E-state index is 12.6. The first-order valence-corrected chi connectivity index (χ1v) is 9.94. The topological polar surface area (TPSA) is 98.5 Å². The smallest absolute Gasteiger partial charge is 0.341 e. The van der Waals surface area contributed by atoms with Gasteiger partial charge in [0.1, 0.15) is 5.00 Å². The first kappa shape index (κ1) is 19.9. The van der Waals surface area contributed by atoms with Crippen LogP contribution in [0.2, 0.25) is 0 Å². The number of carbonyl (C=O) groups is 2. The van der Waals surface area contributed by atoms with Crippen molar-refractivity contribution in [3.63, 3.8) is 0 Å². The highest BCUT2D eigenvalue weighted by atomic mass is 32.1. The first-order valence-electron chi connectivity index (χ1n) is 9.13. The number of nitrogens with zero attached hydrogens (tertiary/aromatic N) is 4. The molecule has 0 unspecified atom stereocenters. The molecule has 8 nitrogen and oxygen atoms in total. The monoisotopic (exact) mass is 401 g/mol. The van der Waals surface area contributed by atoms with Crippen LogP contribution in [0.5, 0.6) is 0 Å². The number of hydrogen-bond donors (Lipinski definition) is 1. The molecule has 1 N–H and O–H groups in total. The molecule has 3 heterocycles. The van der Waals surface area contributed by atoms with Gasteiger partial charge in [0.05, 0.1) is 18.6 Å². The Morgan fingerprint density at radius 2 is 1.96 bits per heavy atom. The second-order valence-corrected chi connectivity index (χ2v) is 7.64. The zero-order valence-corrected chi connectivity index (χ0v) is 17.4. The van der Waals surface area contributed by atoms with E-state index < -0.39 is 5.97 Å². The van der Waals surface area contributed by atoms with Crippen molar-refractivity contribution in [2.24, 2.45) is 0 Å². The fourth-order valence-corrected chi connectivity index (χ4v) is 4.26. The quantitative estimate of drug-likeness (QED) is 0.638. The van der Waals surface area contributed by atoms with Crippen LogP contribution in [-0.4, -0.2) is 38.1 Å². The molecule has 3 rings (SSSR count). The summed E-state index contributed by atoms with van der Waals surface area (Å²) >= 11 is 1.38. The molecule has 0 fully saturated rings. The van der Waals surface area contributed by atoms with Crippen molar-refractivity contribution in [2.75, 3.05) is 11.9 Å². The Hall–Kier alpha value is -2.81. The molecule has 28 heavy (non-hydrogen) atoms. The van der Waals surface area contributed by atoms with Crippen molar-refractivity contribution >= 4 is 34.0 Å². The third kappa shape index (κ3) is 3.89. The minimum absolute atomic E-state index is 0.0114. The van der Waals surface area contributed by atoms with Crippen LogP contribution < -0.4 is 5.32 Å². The summed E-state index contributed by atoms with van der Waals surface area (Å²) in [5.74, 6) is 0.132. The van der Waals surface area contributed by atoms with Crippen LogP contribution in [0.15, 0.2) is 6.07 Å². The van der Waals surface area contributed by atoms with Crippen molar-refractivity contribution in [2.45, 2.75) is 47.5 Å². The molecule has 3 aromatic heterocycles. The van der Waals surface area contributed by atoms with Gasteiger partial charge in [0, 0.05) is 16.3 Å². The van der Waals surface area contributed by atoms with Gasteiger partial charge in [-0.05, 0) is 45.7 Å². The number of rotatable bonds is 6. The predicted octanol–water partition coefficient (Wildman–Crippen LogP) is 3.03. The summed E-state index contributed by atoms with van der Waals surface area (Å²) in [5, 5.41) is 7.69. The van der Waals surface area contributed by atoms with Gasteiger partial charge < -0.3 is 10.1 Å². The Morgan fingerprint density at radius 1 is 1.21 bits per heavy atom. The largest absolute Gasteiger partial charge is 0.462 e. The van der Waals surface area contributed by atoms with Crippen molar-refractivity contribution in [3.8, 4) is 0 Å². The average Bonchev–Trinajstić information content (AvgIpc) is 3.14. The van der Waals surface area contributed by atoms with Crippen LogP contribution in [0, 0.1) is 20.8 Å². The SMILES string of the molecule is CCOC(=O)c1c(NC(=O)Cc2nc3nc(C)cc(C)n3n2)sc(C)c1CC. The lowest BCUT2D eigenvalue weighted by atomic mass is 10.1. The molecule has 0 aromatic carbocycles. The summed E-state index contributed by atoms with van der Waals surface area (Å²) in [7, 11) is 0. The molecule has 3 aromatic rings. The Kier molecular flexibility index (Phi) is 5.73. The predicted molar refractivity (Wildman–Crippen MR) is 107 cm³/mol. The summed E-state index contributed by atoms with van der Waals surface area (Å²) < 4.78 is 6.78. The number of ether oxygens (including phenoxy) is 1. The molecule has 0 aliphatic heterocycles. The Morgan fingerprint density at radius 3 is 2.64 bits per heavy atom. The maximum Gasteiger partial charge on any atom is 0.341 e. The van der Waals surface area contributed by atoms with Gasteiger partial charge in [0.25, 0.3) is 5.78 Å². The molecule has 148 valence electrons. The highest BCUT2D eigenvalue weighted by molar-refractivity contribution is 7.16. The van der Waals surface area contributed by atoms with E-state index in [4.69, 9.17) is 4.74 Å². The van der Waals surface area contributed by atoms with E-state index in [1.165, 1.54) is 11.3 Å². The van der Waals surface area contributed by atoms with Crippen molar-refractivity contribution in [1.29, 1.82) is 0 Å². The van der Waals surface area contributed by atoms with E-state index in [0.717, 1.165) is 21.8 Å². The van der Waals surface area contributed by atoms with Gasteiger partial charge in [0.2, 0.25) is 5.91 Å². The molecular weight excluding hydrogens is 378 g/mol. The van der Waals surface area contributed by atoms with Gasteiger partial charge in [0.15, 0.2) is 5.82 Å². The molecule has 0 aliphatic rings. The fraction of sp³-hybridized carbons (Fsp3) is 0.421. The Balaban J connectivity index is 1.84. The lowest BCUT2D eigenvalue weighted by molar-refractivity contribution is -0.115. The van der Waals surface area contributed by atoms with E-state index in [2.05, 4.69) is 20.4 Å². The van der Waals surface area contributed by atoms with Gasteiger partial charge in [-0.25, -0.2) is 14.3 Å². The van der Waals surface area contributed by atoms with E-state index in [9.17, 15) is 9.59 Å². The van der Waals surface area contributed by atoms with Gasteiger partial charge in [-0.2, -0.15) is 4.98 Å². The van der Waals surface area contributed by atoms with Crippen LogP contribution >= 0.6 is 11.3 Å². The zero-order chi connectivity index (χ0) is 20.4. The number of amides is 1. The average molecular weight is 401 g/mol. The van der Waals surface area contributed by atoms with Crippen LogP contribution in [0.25, 0.3) is 5.78 Å².